The van der Waals surface area contributed by atoms with Crippen LogP contribution < -0.4 is 5.73 Å². The Kier molecular flexibility index (Phi) is 2.78. The minimum absolute atomic E-state index is 0.0798. The van der Waals surface area contributed by atoms with E-state index < -0.39 is 0 Å². The van der Waals surface area contributed by atoms with E-state index in [1.54, 1.807) is 0 Å². The Balaban J connectivity index is 2.33. The fourth-order valence-electron chi connectivity index (χ4n) is 1.59. The van der Waals surface area contributed by atoms with Crippen molar-refractivity contribution in [2.24, 2.45) is 5.73 Å². The van der Waals surface area contributed by atoms with E-state index >= 15 is 0 Å². The van der Waals surface area contributed by atoms with Gasteiger partial charge in [-0.05, 0) is 12.5 Å². The summed E-state index contributed by atoms with van der Waals surface area (Å²) >= 11 is 0. The van der Waals surface area contributed by atoms with Crippen molar-refractivity contribution in [3.05, 3.63) is 47.5 Å². The molecule has 0 saturated heterocycles. The normalized spacial score (nSPS) is 12.7. The summed E-state index contributed by atoms with van der Waals surface area (Å²) in [6, 6.07) is 10.1. The smallest absolute Gasteiger partial charge is 0.159 e. The van der Waals surface area contributed by atoms with Gasteiger partial charge in [0, 0.05) is 6.54 Å². The Morgan fingerprint density at radius 1 is 1.33 bits per heavy atom. The third-order valence-corrected chi connectivity index (χ3v) is 2.36. The molecular weight excluding hydrogens is 188 g/mol. The molecule has 1 heterocycles. The summed E-state index contributed by atoms with van der Waals surface area (Å²) < 4.78 is 0. The van der Waals surface area contributed by atoms with Gasteiger partial charge in [0.15, 0.2) is 5.82 Å². The molecule has 2 aromatic rings. The lowest BCUT2D eigenvalue weighted by molar-refractivity contribution is 0.755. The fraction of sp³-hybridized carbons (Fsp3) is 0.273. The number of nitrogens with one attached hydrogen (secondary N) is 1. The second-order valence-electron chi connectivity index (χ2n) is 3.48. The molecule has 0 saturated carbocycles. The van der Waals surface area contributed by atoms with E-state index in [-0.39, 0.29) is 5.92 Å². The van der Waals surface area contributed by atoms with E-state index in [0.717, 1.165) is 17.2 Å². The van der Waals surface area contributed by atoms with Crippen LogP contribution in [0, 0.1) is 6.92 Å². The van der Waals surface area contributed by atoms with Gasteiger partial charge in [0.1, 0.15) is 5.82 Å². The maximum absolute atomic E-state index is 5.75. The van der Waals surface area contributed by atoms with Crippen LogP contribution in [0.2, 0.25) is 0 Å². The highest BCUT2D eigenvalue weighted by atomic mass is 15.2. The van der Waals surface area contributed by atoms with Crippen molar-refractivity contribution in [3.63, 3.8) is 0 Å². The monoisotopic (exact) mass is 202 g/mol. The number of nitrogens with two attached hydrogens (primary N) is 1. The summed E-state index contributed by atoms with van der Waals surface area (Å²) in [7, 11) is 0. The topological polar surface area (TPSA) is 67.6 Å². The first-order valence-electron chi connectivity index (χ1n) is 4.95. The van der Waals surface area contributed by atoms with Gasteiger partial charge in [-0.15, -0.1) is 0 Å². The van der Waals surface area contributed by atoms with Crippen molar-refractivity contribution in [2.75, 3.05) is 6.54 Å². The van der Waals surface area contributed by atoms with Crippen LogP contribution in [0.1, 0.15) is 23.1 Å². The Labute approximate surface area is 88.5 Å². The molecule has 0 aliphatic rings. The maximum atomic E-state index is 5.75. The number of rotatable bonds is 3. The van der Waals surface area contributed by atoms with Gasteiger partial charge in [0.2, 0.25) is 0 Å². The van der Waals surface area contributed by atoms with Crippen molar-refractivity contribution in [2.45, 2.75) is 12.8 Å². The van der Waals surface area contributed by atoms with Crippen molar-refractivity contribution < 1.29 is 0 Å². The molecule has 0 aliphatic carbocycles. The number of H-pyrrole nitrogens is 1. The highest BCUT2D eigenvalue weighted by Crippen LogP contribution is 2.19. The molecule has 4 nitrogen and oxygen atoms in total. The summed E-state index contributed by atoms with van der Waals surface area (Å²) in [5, 5.41) is 6.98. The highest BCUT2D eigenvalue weighted by Gasteiger charge is 2.16. The molecular formula is C11H14N4. The quantitative estimate of drug-likeness (QED) is 0.786. The maximum Gasteiger partial charge on any atom is 0.159 e. The van der Waals surface area contributed by atoms with Gasteiger partial charge < -0.3 is 5.73 Å². The molecule has 1 aromatic carbocycles. The number of hydrogen-bond donors (Lipinski definition) is 2. The summed E-state index contributed by atoms with van der Waals surface area (Å²) in [5.41, 5.74) is 6.90. The van der Waals surface area contributed by atoms with Crippen molar-refractivity contribution >= 4 is 0 Å². The lowest BCUT2D eigenvalue weighted by Crippen LogP contribution is -2.15. The lowest BCUT2D eigenvalue weighted by atomic mass is 9.99. The van der Waals surface area contributed by atoms with Gasteiger partial charge in [-0.25, -0.2) is 4.98 Å². The average molecular weight is 202 g/mol. The van der Waals surface area contributed by atoms with E-state index in [9.17, 15) is 0 Å². The Hall–Kier alpha value is -1.68. The predicted octanol–water partition coefficient (Wildman–Crippen LogP) is 1.20. The largest absolute Gasteiger partial charge is 0.329 e. The molecule has 0 fully saturated rings. The van der Waals surface area contributed by atoms with Crippen LogP contribution in [0.25, 0.3) is 0 Å². The number of benzene rings is 1. The summed E-state index contributed by atoms with van der Waals surface area (Å²) in [6.45, 7) is 2.40. The molecule has 4 heteroatoms. The van der Waals surface area contributed by atoms with Crippen molar-refractivity contribution in [3.8, 4) is 0 Å². The summed E-state index contributed by atoms with van der Waals surface area (Å²) in [5.74, 6) is 1.66. The Morgan fingerprint density at radius 2 is 2.07 bits per heavy atom. The first kappa shape index (κ1) is 9.86. The number of aromatic amines is 1. The molecule has 3 N–H and O–H groups in total. The molecule has 0 aliphatic heterocycles. The van der Waals surface area contributed by atoms with E-state index in [1.165, 1.54) is 0 Å². The van der Waals surface area contributed by atoms with E-state index in [2.05, 4.69) is 15.2 Å². The second-order valence-corrected chi connectivity index (χ2v) is 3.48. The molecule has 0 bridgehead atoms. The highest BCUT2D eigenvalue weighted by molar-refractivity contribution is 5.25. The van der Waals surface area contributed by atoms with E-state index in [0.29, 0.717) is 6.54 Å². The second kappa shape index (κ2) is 4.23. The minimum Gasteiger partial charge on any atom is -0.329 e. The van der Waals surface area contributed by atoms with Gasteiger partial charge >= 0.3 is 0 Å². The third kappa shape index (κ3) is 2.05. The van der Waals surface area contributed by atoms with Crippen LogP contribution in [0.5, 0.6) is 0 Å². The number of aryl methyl sites for hydroxylation is 1. The van der Waals surface area contributed by atoms with Crippen LogP contribution in [0.15, 0.2) is 30.3 Å². The molecule has 1 atom stereocenters. The molecule has 15 heavy (non-hydrogen) atoms. The number of hydrogen-bond acceptors (Lipinski definition) is 3. The van der Waals surface area contributed by atoms with Crippen LogP contribution >= 0.6 is 0 Å². The zero-order valence-corrected chi connectivity index (χ0v) is 8.64. The molecule has 0 spiro atoms. The number of nitrogens with zero attached hydrogens (tertiary/aromatic N) is 2. The van der Waals surface area contributed by atoms with Gasteiger partial charge in [0.05, 0.1) is 5.92 Å². The predicted molar refractivity (Wildman–Crippen MR) is 58.5 cm³/mol. The zero-order valence-electron chi connectivity index (χ0n) is 8.64. The van der Waals surface area contributed by atoms with Gasteiger partial charge in [-0.2, -0.15) is 5.10 Å². The molecule has 1 unspecified atom stereocenters. The molecule has 1 aromatic heterocycles. The molecule has 0 amide bonds. The lowest BCUT2D eigenvalue weighted by Gasteiger charge is -2.10. The van der Waals surface area contributed by atoms with Gasteiger partial charge in [0.25, 0.3) is 0 Å². The van der Waals surface area contributed by atoms with Crippen LogP contribution in [-0.2, 0) is 0 Å². The third-order valence-electron chi connectivity index (χ3n) is 2.36. The minimum atomic E-state index is 0.0798. The zero-order chi connectivity index (χ0) is 10.7. The van der Waals surface area contributed by atoms with Crippen LogP contribution in [-0.4, -0.2) is 21.7 Å². The van der Waals surface area contributed by atoms with Crippen molar-refractivity contribution in [1.82, 2.24) is 15.2 Å². The first-order valence-corrected chi connectivity index (χ1v) is 4.95. The van der Waals surface area contributed by atoms with Crippen LogP contribution in [0.4, 0.5) is 0 Å². The Bertz CT molecular complexity index is 421. The summed E-state index contributed by atoms with van der Waals surface area (Å²) in [6.07, 6.45) is 0. The summed E-state index contributed by atoms with van der Waals surface area (Å²) in [4.78, 5) is 4.31. The van der Waals surface area contributed by atoms with Gasteiger partial charge in [-0.1, -0.05) is 30.3 Å². The molecule has 2 rings (SSSR count). The van der Waals surface area contributed by atoms with E-state index in [1.807, 2.05) is 37.3 Å². The van der Waals surface area contributed by atoms with Crippen LogP contribution in [0.3, 0.4) is 0 Å². The van der Waals surface area contributed by atoms with Crippen molar-refractivity contribution in [1.29, 1.82) is 0 Å². The standard InChI is InChI=1S/C11H14N4/c1-8-13-11(15-14-8)10(7-12)9-5-3-2-4-6-9/h2-6,10H,7,12H2,1H3,(H,13,14,15). The van der Waals surface area contributed by atoms with E-state index in [4.69, 9.17) is 5.73 Å². The Morgan fingerprint density at radius 3 is 2.60 bits per heavy atom. The SMILES string of the molecule is Cc1nc(C(CN)c2ccccc2)n[nH]1. The van der Waals surface area contributed by atoms with Gasteiger partial charge in [-0.3, -0.25) is 5.10 Å². The fourth-order valence-corrected chi connectivity index (χ4v) is 1.59. The molecule has 0 radical (unpaired) electrons. The first-order chi connectivity index (χ1) is 7.31. The number of aromatic nitrogens is 3. The molecule has 78 valence electrons. The average Bonchev–Trinajstić information content (AvgIpc) is 2.68.